The zero-order valence-corrected chi connectivity index (χ0v) is 8.56. The smallest absolute Gasteiger partial charge is 0.127 e. The molecule has 0 radical (unpaired) electrons. The summed E-state index contributed by atoms with van der Waals surface area (Å²) in [4.78, 5) is 0. The second-order valence-electron chi connectivity index (χ2n) is 3.49. The van der Waals surface area contributed by atoms with Crippen LogP contribution in [0.1, 0.15) is 6.42 Å². The van der Waals surface area contributed by atoms with Crippen molar-refractivity contribution in [1.29, 1.82) is 5.26 Å². The molecule has 1 unspecified atom stereocenters. The molecule has 2 nitrogen and oxygen atoms in total. The van der Waals surface area contributed by atoms with Gasteiger partial charge in [-0.2, -0.15) is 5.26 Å². The highest BCUT2D eigenvalue weighted by molar-refractivity contribution is 5.29. The van der Waals surface area contributed by atoms with Crippen molar-refractivity contribution in [2.24, 2.45) is 5.92 Å². The van der Waals surface area contributed by atoms with E-state index in [0.717, 1.165) is 0 Å². The molecule has 0 aromatic heterocycles. The van der Waals surface area contributed by atoms with E-state index < -0.39 is 0 Å². The topological polar surface area (TPSA) is 33.0 Å². The number of halogens is 1. The molecule has 3 heteroatoms. The average molecular weight is 215 g/mol. The van der Waals surface area contributed by atoms with E-state index in [0.29, 0.717) is 17.9 Å². The summed E-state index contributed by atoms with van der Waals surface area (Å²) in [7, 11) is 0. The number of benzene rings is 1. The first-order chi connectivity index (χ1) is 7.78. The molecule has 0 fully saturated rings. The van der Waals surface area contributed by atoms with Crippen molar-refractivity contribution in [3.8, 4) is 11.8 Å². The summed E-state index contributed by atoms with van der Waals surface area (Å²) in [6.45, 7) is 0. The van der Waals surface area contributed by atoms with Crippen molar-refractivity contribution in [1.82, 2.24) is 0 Å². The highest BCUT2D eigenvalue weighted by Gasteiger charge is 2.08. The summed E-state index contributed by atoms with van der Waals surface area (Å²) >= 11 is 0. The Balaban J connectivity index is 2.02. The van der Waals surface area contributed by atoms with E-state index >= 15 is 0 Å². The van der Waals surface area contributed by atoms with E-state index in [4.69, 9.17) is 10.00 Å². The Labute approximate surface area is 93.3 Å². The Hall–Kier alpha value is -2.08. The van der Waals surface area contributed by atoms with E-state index in [9.17, 15) is 4.39 Å². The van der Waals surface area contributed by atoms with Crippen LogP contribution >= 0.6 is 0 Å². The molecule has 0 bridgehead atoms. The largest absolute Gasteiger partial charge is 0.458 e. The minimum Gasteiger partial charge on any atom is -0.458 e. The van der Waals surface area contributed by atoms with Crippen LogP contribution in [0.5, 0.6) is 5.75 Å². The van der Waals surface area contributed by atoms with Gasteiger partial charge in [-0.25, -0.2) is 4.39 Å². The predicted molar refractivity (Wildman–Crippen MR) is 58.0 cm³/mol. The SMILES string of the molecule is N#CC1C=CC(Oc2ccc(F)cc2)=CC1. The fourth-order valence-corrected chi connectivity index (χ4v) is 1.41. The number of rotatable bonds is 2. The normalized spacial score (nSPS) is 18.8. The molecular formula is C13H10FNO. The number of nitrogens with zero attached hydrogens (tertiary/aromatic N) is 1. The molecule has 1 atom stereocenters. The zero-order chi connectivity index (χ0) is 11.4. The Kier molecular flexibility index (Phi) is 3.02. The number of hydrogen-bond donors (Lipinski definition) is 0. The van der Waals surface area contributed by atoms with Crippen molar-refractivity contribution < 1.29 is 9.13 Å². The van der Waals surface area contributed by atoms with E-state index in [1.54, 1.807) is 24.3 Å². The lowest BCUT2D eigenvalue weighted by Gasteiger charge is -2.11. The lowest BCUT2D eigenvalue weighted by molar-refractivity contribution is 0.435. The second-order valence-corrected chi connectivity index (χ2v) is 3.49. The fourth-order valence-electron chi connectivity index (χ4n) is 1.41. The molecule has 0 saturated heterocycles. The minimum absolute atomic E-state index is 0.0689. The van der Waals surface area contributed by atoms with Gasteiger partial charge in [0.1, 0.15) is 17.3 Å². The standard InChI is InChI=1S/C13H10FNO/c14-11-3-7-13(8-4-11)16-12-5-1-10(9-15)2-6-12/h1,3-8,10H,2H2. The Morgan fingerprint density at radius 3 is 2.62 bits per heavy atom. The summed E-state index contributed by atoms with van der Waals surface area (Å²) < 4.78 is 18.1. The van der Waals surface area contributed by atoms with Gasteiger partial charge in [-0.05, 0) is 42.8 Å². The lowest BCUT2D eigenvalue weighted by atomic mass is 10.0. The first-order valence-corrected chi connectivity index (χ1v) is 4.99. The van der Waals surface area contributed by atoms with Gasteiger partial charge in [-0.15, -0.1) is 0 Å². The van der Waals surface area contributed by atoms with Crippen LogP contribution in [0.3, 0.4) is 0 Å². The first-order valence-electron chi connectivity index (χ1n) is 4.99. The van der Waals surface area contributed by atoms with Gasteiger partial charge in [0.05, 0.1) is 12.0 Å². The fraction of sp³-hybridized carbons (Fsp3) is 0.154. The van der Waals surface area contributed by atoms with E-state index in [1.165, 1.54) is 12.1 Å². The maximum atomic E-state index is 12.6. The molecule has 1 aromatic rings. The van der Waals surface area contributed by atoms with Gasteiger partial charge >= 0.3 is 0 Å². The van der Waals surface area contributed by atoms with Crippen LogP contribution in [0.2, 0.25) is 0 Å². The third-order valence-corrected chi connectivity index (χ3v) is 2.28. The van der Waals surface area contributed by atoms with E-state index in [1.807, 2.05) is 6.08 Å². The number of ether oxygens (including phenoxy) is 1. The molecule has 0 amide bonds. The summed E-state index contributed by atoms with van der Waals surface area (Å²) in [6, 6.07) is 7.99. The molecule has 80 valence electrons. The van der Waals surface area contributed by atoms with Crippen LogP contribution in [0, 0.1) is 23.1 Å². The van der Waals surface area contributed by atoms with Gasteiger partial charge in [-0.3, -0.25) is 0 Å². The number of hydrogen-bond acceptors (Lipinski definition) is 2. The number of allylic oxidation sites excluding steroid dienone is 3. The van der Waals surface area contributed by atoms with Crippen molar-refractivity contribution in [2.45, 2.75) is 6.42 Å². The maximum Gasteiger partial charge on any atom is 0.127 e. The van der Waals surface area contributed by atoms with Crippen molar-refractivity contribution in [2.75, 3.05) is 0 Å². The predicted octanol–water partition coefficient (Wildman–Crippen LogP) is 3.19. The van der Waals surface area contributed by atoms with Gasteiger partial charge < -0.3 is 4.74 Å². The second kappa shape index (κ2) is 4.63. The van der Waals surface area contributed by atoms with E-state index in [2.05, 4.69) is 6.07 Å². The van der Waals surface area contributed by atoms with Gasteiger partial charge in [0.15, 0.2) is 0 Å². The van der Waals surface area contributed by atoms with Crippen LogP contribution in [-0.4, -0.2) is 0 Å². The minimum atomic E-state index is -0.287. The molecule has 0 aliphatic heterocycles. The van der Waals surface area contributed by atoms with Crippen LogP contribution in [0.15, 0.2) is 48.3 Å². The van der Waals surface area contributed by atoms with Gasteiger partial charge in [0.25, 0.3) is 0 Å². The maximum absolute atomic E-state index is 12.6. The van der Waals surface area contributed by atoms with Gasteiger partial charge in [0, 0.05) is 0 Å². The lowest BCUT2D eigenvalue weighted by Crippen LogP contribution is -2.01. The molecule has 16 heavy (non-hydrogen) atoms. The zero-order valence-electron chi connectivity index (χ0n) is 8.56. The highest BCUT2D eigenvalue weighted by Crippen LogP contribution is 2.20. The van der Waals surface area contributed by atoms with Gasteiger partial charge in [0.2, 0.25) is 0 Å². The molecule has 0 spiro atoms. The van der Waals surface area contributed by atoms with Crippen LogP contribution in [-0.2, 0) is 0 Å². The highest BCUT2D eigenvalue weighted by atomic mass is 19.1. The van der Waals surface area contributed by atoms with E-state index in [-0.39, 0.29) is 11.7 Å². The van der Waals surface area contributed by atoms with Crippen LogP contribution in [0.25, 0.3) is 0 Å². The third-order valence-electron chi connectivity index (χ3n) is 2.28. The average Bonchev–Trinajstić information content (AvgIpc) is 2.33. The van der Waals surface area contributed by atoms with Crippen molar-refractivity contribution in [3.63, 3.8) is 0 Å². The number of nitriles is 1. The summed E-state index contributed by atoms with van der Waals surface area (Å²) in [5.41, 5.74) is 0. The summed E-state index contributed by atoms with van der Waals surface area (Å²) in [5.74, 6) is 0.927. The first kappa shape index (κ1) is 10.4. The third kappa shape index (κ3) is 2.48. The molecule has 0 heterocycles. The van der Waals surface area contributed by atoms with Crippen molar-refractivity contribution >= 4 is 0 Å². The van der Waals surface area contributed by atoms with Crippen molar-refractivity contribution in [3.05, 3.63) is 54.1 Å². The molecule has 0 N–H and O–H groups in total. The van der Waals surface area contributed by atoms with Crippen LogP contribution in [0.4, 0.5) is 4.39 Å². The molecule has 0 saturated carbocycles. The Bertz CT molecular complexity index is 468. The molecule has 1 aliphatic rings. The molecular weight excluding hydrogens is 205 g/mol. The molecule has 1 aliphatic carbocycles. The monoisotopic (exact) mass is 215 g/mol. The Morgan fingerprint density at radius 1 is 1.31 bits per heavy atom. The van der Waals surface area contributed by atoms with Crippen LogP contribution < -0.4 is 4.74 Å². The van der Waals surface area contributed by atoms with Gasteiger partial charge in [-0.1, -0.05) is 6.08 Å². The summed E-state index contributed by atoms with van der Waals surface area (Å²) in [6.07, 6.45) is 6.08. The Morgan fingerprint density at radius 2 is 2.06 bits per heavy atom. The quantitative estimate of drug-likeness (QED) is 0.759. The molecule has 1 aromatic carbocycles. The summed E-state index contributed by atoms with van der Waals surface area (Å²) in [5, 5.41) is 8.68. The molecule has 2 rings (SSSR count).